The highest BCUT2D eigenvalue weighted by atomic mass is 15.3. The van der Waals surface area contributed by atoms with E-state index < -0.39 is 0 Å². The summed E-state index contributed by atoms with van der Waals surface area (Å²) in [7, 11) is 0. The molecule has 1 nitrogen and oxygen atoms in total. The largest absolute Gasteiger partial charge is 0.295 e. The van der Waals surface area contributed by atoms with E-state index in [-0.39, 0.29) is 0 Å². The zero-order valence-corrected chi connectivity index (χ0v) is 8.42. The van der Waals surface area contributed by atoms with Crippen LogP contribution in [0, 0.1) is 0 Å². The van der Waals surface area contributed by atoms with Crippen LogP contribution in [0.1, 0.15) is 52.4 Å². The lowest BCUT2D eigenvalue weighted by Gasteiger charge is -2.28. The van der Waals surface area contributed by atoms with E-state index in [9.17, 15) is 0 Å². The van der Waals surface area contributed by atoms with Crippen LogP contribution < -0.4 is 0 Å². The highest BCUT2D eigenvalue weighted by Gasteiger charge is 2.40. The molecule has 2 heterocycles. The SMILES string of the molecule is CCCC(C)N1C2CCC1CC2. The summed E-state index contributed by atoms with van der Waals surface area (Å²) in [5, 5.41) is 0. The molecule has 0 radical (unpaired) electrons. The van der Waals surface area contributed by atoms with E-state index in [1.165, 1.54) is 38.5 Å². The monoisotopic (exact) mass is 167 g/mol. The van der Waals surface area contributed by atoms with E-state index in [2.05, 4.69) is 18.7 Å². The predicted molar refractivity (Wildman–Crippen MR) is 52.3 cm³/mol. The quantitative estimate of drug-likeness (QED) is 0.624. The van der Waals surface area contributed by atoms with Gasteiger partial charge in [-0.2, -0.15) is 0 Å². The van der Waals surface area contributed by atoms with E-state index in [1.807, 2.05) is 0 Å². The average molecular weight is 167 g/mol. The van der Waals surface area contributed by atoms with Gasteiger partial charge in [0.05, 0.1) is 0 Å². The van der Waals surface area contributed by atoms with Gasteiger partial charge >= 0.3 is 0 Å². The molecule has 12 heavy (non-hydrogen) atoms. The van der Waals surface area contributed by atoms with Gasteiger partial charge in [-0.05, 0) is 39.0 Å². The van der Waals surface area contributed by atoms with Crippen LogP contribution in [0.15, 0.2) is 0 Å². The van der Waals surface area contributed by atoms with Gasteiger partial charge in [-0.3, -0.25) is 4.90 Å². The molecule has 0 aromatic carbocycles. The first-order chi connectivity index (χ1) is 5.83. The number of hydrogen-bond donors (Lipinski definition) is 0. The molecular formula is C11H21N. The standard InChI is InChI=1S/C11H21N/c1-3-4-9(2)12-10-5-6-11(12)8-7-10/h9-11H,3-8H2,1-2H3. The molecule has 0 N–H and O–H groups in total. The molecule has 1 heteroatoms. The zero-order chi connectivity index (χ0) is 8.55. The molecule has 0 amide bonds. The van der Waals surface area contributed by atoms with Crippen molar-refractivity contribution in [3.8, 4) is 0 Å². The summed E-state index contributed by atoms with van der Waals surface area (Å²) >= 11 is 0. The predicted octanol–water partition coefficient (Wildman–Crippen LogP) is 2.80. The van der Waals surface area contributed by atoms with Crippen LogP contribution in [0.3, 0.4) is 0 Å². The molecule has 0 saturated carbocycles. The van der Waals surface area contributed by atoms with Gasteiger partial charge in [0.25, 0.3) is 0 Å². The molecule has 2 bridgehead atoms. The summed E-state index contributed by atoms with van der Waals surface area (Å²) in [6.07, 6.45) is 8.68. The Kier molecular flexibility index (Phi) is 2.40. The van der Waals surface area contributed by atoms with Crippen molar-refractivity contribution in [1.82, 2.24) is 4.90 Å². The molecule has 2 aliphatic rings. The van der Waals surface area contributed by atoms with Crippen LogP contribution in [0.5, 0.6) is 0 Å². The van der Waals surface area contributed by atoms with Crippen LogP contribution in [0.4, 0.5) is 0 Å². The fourth-order valence-electron chi connectivity index (χ4n) is 3.24. The third-order valence-electron chi connectivity index (χ3n) is 3.72. The zero-order valence-electron chi connectivity index (χ0n) is 8.42. The van der Waals surface area contributed by atoms with Gasteiger partial charge in [-0.25, -0.2) is 0 Å². The number of nitrogens with zero attached hydrogens (tertiary/aromatic N) is 1. The first-order valence-corrected chi connectivity index (χ1v) is 5.60. The van der Waals surface area contributed by atoms with Crippen LogP contribution in [-0.4, -0.2) is 23.0 Å². The van der Waals surface area contributed by atoms with Gasteiger partial charge in [0.2, 0.25) is 0 Å². The fourth-order valence-corrected chi connectivity index (χ4v) is 3.24. The van der Waals surface area contributed by atoms with E-state index in [0.29, 0.717) is 0 Å². The highest BCUT2D eigenvalue weighted by molar-refractivity contribution is 4.96. The maximum absolute atomic E-state index is 2.81. The van der Waals surface area contributed by atoms with E-state index >= 15 is 0 Å². The molecule has 0 aromatic heterocycles. The second kappa shape index (κ2) is 3.37. The van der Waals surface area contributed by atoms with Crippen LogP contribution in [0.2, 0.25) is 0 Å². The van der Waals surface area contributed by atoms with Crippen molar-refractivity contribution in [3.63, 3.8) is 0 Å². The Hall–Kier alpha value is -0.0400. The van der Waals surface area contributed by atoms with Gasteiger partial charge < -0.3 is 0 Å². The lowest BCUT2D eigenvalue weighted by atomic mass is 10.0. The maximum Gasteiger partial charge on any atom is 0.0102 e. The summed E-state index contributed by atoms with van der Waals surface area (Å²) in [5.41, 5.74) is 0. The van der Waals surface area contributed by atoms with Gasteiger partial charge in [0.15, 0.2) is 0 Å². The molecule has 0 aliphatic carbocycles. The Balaban J connectivity index is 1.95. The molecule has 2 aliphatic heterocycles. The molecule has 70 valence electrons. The molecule has 2 rings (SSSR count). The summed E-state index contributed by atoms with van der Waals surface area (Å²) in [6, 6.07) is 2.79. The molecule has 1 unspecified atom stereocenters. The molecular weight excluding hydrogens is 146 g/mol. The van der Waals surface area contributed by atoms with E-state index in [1.54, 1.807) is 0 Å². The van der Waals surface area contributed by atoms with Crippen molar-refractivity contribution < 1.29 is 0 Å². The summed E-state index contributed by atoms with van der Waals surface area (Å²) in [5.74, 6) is 0. The van der Waals surface area contributed by atoms with Crippen molar-refractivity contribution in [2.45, 2.75) is 70.5 Å². The highest BCUT2D eigenvalue weighted by Crippen LogP contribution is 2.39. The Labute approximate surface area is 76.1 Å². The maximum atomic E-state index is 2.81. The average Bonchev–Trinajstić information content (AvgIpc) is 2.62. The van der Waals surface area contributed by atoms with Crippen LogP contribution in [0.25, 0.3) is 0 Å². The lowest BCUT2D eigenvalue weighted by Crippen LogP contribution is -2.36. The van der Waals surface area contributed by atoms with Crippen molar-refractivity contribution in [3.05, 3.63) is 0 Å². The summed E-state index contributed by atoms with van der Waals surface area (Å²) in [4.78, 5) is 2.81. The minimum absolute atomic E-state index is 0.856. The molecule has 2 fully saturated rings. The fraction of sp³-hybridized carbons (Fsp3) is 1.00. The number of fused-ring (bicyclic) bond motifs is 2. The Morgan fingerprint density at radius 3 is 2.08 bits per heavy atom. The smallest absolute Gasteiger partial charge is 0.0102 e. The third-order valence-corrected chi connectivity index (χ3v) is 3.72. The Bertz CT molecular complexity index is 135. The van der Waals surface area contributed by atoms with Crippen molar-refractivity contribution in [1.29, 1.82) is 0 Å². The second-order valence-electron chi connectivity index (χ2n) is 4.55. The molecule has 0 spiro atoms. The van der Waals surface area contributed by atoms with Gasteiger partial charge in [-0.1, -0.05) is 13.3 Å². The number of hydrogen-bond acceptors (Lipinski definition) is 1. The lowest BCUT2D eigenvalue weighted by molar-refractivity contribution is 0.178. The Morgan fingerprint density at radius 1 is 1.17 bits per heavy atom. The third kappa shape index (κ3) is 1.28. The van der Waals surface area contributed by atoms with Crippen molar-refractivity contribution in [2.75, 3.05) is 0 Å². The van der Waals surface area contributed by atoms with E-state index in [4.69, 9.17) is 0 Å². The van der Waals surface area contributed by atoms with Crippen molar-refractivity contribution in [2.24, 2.45) is 0 Å². The molecule has 0 aromatic rings. The van der Waals surface area contributed by atoms with Crippen LogP contribution in [-0.2, 0) is 0 Å². The van der Waals surface area contributed by atoms with Crippen LogP contribution >= 0.6 is 0 Å². The summed E-state index contributed by atoms with van der Waals surface area (Å²) in [6.45, 7) is 4.72. The topological polar surface area (TPSA) is 3.24 Å². The van der Waals surface area contributed by atoms with E-state index in [0.717, 1.165) is 18.1 Å². The normalized spacial score (nSPS) is 37.5. The minimum Gasteiger partial charge on any atom is -0.295 e. The van der Waals surface area contributed by atoms with Crippen molar-refractivity contribution >= 4 is 0 Å². The molecule has 2 saturated heterocycles. The second-order valence-corrected chi connectivity index (χ2v) is 4.55. The first-order valence-electron chi connectivity index (χ1n) is 5.60. The first kappa shape index (κ1) is 8.55. The Morgan fingerprint density at radius 2 is 1.67 bits per heavy atom. The van der Waals surface area contributed by atoms with Gasteiger partial charge in [-0.15, -0.1) is 0 Å². The van der Waals surface area contributed by atoms with Gasteiger partial charge in [0, 0.05) is 18.1 Å². The van der Waals surface area contributed by atoms with Gasteiger partial charge in [0.1, 0.15) is 0 Å². The number of rotatable bonds is 3. The minimum atomic E-state index is 0.856. The summed E-state index contributed by atoms with van der Waals surface area (Å²) < 4.78 is 0. The molecule has 1 atom stereocenters.